The highest BCUT2D eigenvalue weighted by molar-refractivity contribution is 5.74. The molecular weight excluding hydrogens is 266 g/mol. The molecule has 19 heavy (non-hydrogen) atoms. The van der Waals surface area contributed by atoms with Gasteiger partial charge in [0.15, 0.2) is 0 Å². The van der Waals surface area contributed by atoms with Crippen molar-refractivity contribution in [2.45, 2.75) is 20.0 Å². The van der Waals surface area contributed by atoms with Crippen molar-refractivity contribution in [1.82, 2.24) is 0 Å². The predicted molar refractivity (Wildman–Crippen MR) is 61.3 cm³/mol. The summed E-state index contributed by atoms with van der Waals surface area (Å²) in [5.41, 5.74) is -2.41. The van der Waals surface area contributed by atoms with Gasteiger partial charge in [-0.2, -0.15) is 13.2 Å². The van der Waals surface area contributed by atoms with E-state index in [1.54, 1.807) is 0 Å². The van der Waals surface area contributed by atoms with Crippen molar-refractivity contribution in [3.63, 3.8) is 0 Å². The van der Waals surface area contributed by atoms with Crippen LogP contribution in [0.25, 0.3) is 0 Å². The number of alkyl halides is 3. The number of carbonyl (C=O) groups is 1. The molecular formula is C12H13F4NO2. The summed E-state index contributed by atoms with van der Waals surface area (Å²) < 4.78 is 50.4. The van der Waals surface area contributed by atoms with Gasteiger partial charge in [-0.25, -0.2) is 4.39 Å². The number of anilines is 1. The minimum absolute atomic E-state index is 0.107. The number of carboxylic acid groups (broad SMARTS) is 1. The molecule has 0 saturated heterocycles. The van der Waals surface area contributed by atoms with Crippen LogP contribution in [0.15, 0.2) is 18.2 Å². The number of aliphatic carboxylic acids is 1. The molecule has 1 aromatic carbocycles. The van der Waals surface area contributed by atoms with Gasteiger partial charge in [-0.3, -0.25) is 4.79 Å². The maximum absolute atomic E-state index is 13.4. The molecule has 3 nitrogen and oxygen atoms in total. The van der Waals surface area contributed by atoms with E-state index in [0.717, 1.165) is 12.1 Å². The van der Waals surface area contributed by atoms with Gasteiger partial charge in [0.05, 0.1) is 16.7 Å². The highest BCUT2D eigenvalue weighted by Crippen LogP contribution is 2.31. The van der Waals surface area contributed by atoms with Crippen molar-refractivity contribution in [1.29, 1.82) is 0 Å². The van der Waals surface area contributed by atoms with E-state index in [1.807, 2.05) is 0 Å². The molecule has 0 aromatic heterocycles. The summed E-state index contributed by atoms with van der Waals surface area (Å²) in [5.74, 6) is -2.16. The van der Waals surface area contributed by atoms with Crippen molar-refractivity contribution < 1.29 is 27.5 Å². The van der Waals surface area contributed by atoms with Crippen molar-refractivity contribution in [3.05, 3.63) is 29.6 Å². The highest BCUT2D eigenvalue weighted by Gasteiger charge is 2.31. The molecule has 2 N–H and O–H groups in total. The SMILES string of the molecule is CC(C)(CNc1ccc(C(F)(F)F)cc1F)C(=O)O. The summed E-state index contributed by atoms with van der Waals surface area (Å²) in [7, 11) is 0. The summed E-state index contributed by atoms with van der Waals surface area (Å²) >= 11 is 0. The Hall–Kier alpha value is -1.79. The second-order valence-electron chi connectivity index (χ2n) is 4.73. The zero-order valence-electron chi connectivity index (χ0n) is 10.3. The largest absolute Gasteiger partial charge is 0.481 e. The lowest BCUT2D eigenvalue weighted by Crippen LogP contribution is -2.32. The average Bonchev–Trinajstić information content (AvgIpc) is 2.25. The van der Waals surface area contributed by atoms with E-state index in [-0.39, 0.29) is 12.2 Å². The van der Waals surface area contributed by atoms with Gasteiger partial charge in [-0.05, 0) is 32.0 Å². The molecule has 1 aromatic rings. The van der Waals surface area contributed by atoms with Crippen LogP contribution in [0.3, 0.4) is 0 Å². The first kappa shape index (κ1) is 15.3. The average molecular weight is 279 g/mol. The van der Waals surface area contributed by atoms with Gasteiger partial charge in [0.1, 0.15) is 5.82 Å². The summed E-state index contributed by atoms with van der Waals surface area (Å²) in [6.07, 6.45) is -4.61. The molecule has 0 bridgehead atoms. The van der Waals surface area contributed by atoms with Crippen molar-refractivity contribution in [2.75, 3.05) is 11.9 Å². The van der Waals surface area contributed by atoms with Crippen LogP contribution in [-0.2, 0) is 11.0 Å². The first-order valence-corrected chi connectivity index (χ1v) is 5.38. The van der Waals surface area contributed by atoms with E-state index < -0.39 is 28.9 Å². The number of benzene rings is 1. The number of hydrogen-bond donors (Lipinski definition) is 2. The maximum atomic E-state index is 13.4. The molecule has 0 fully saturated rings. The lowest BCUT2D eigenvalue weighted by atomic mass is 9.94. The predicted octanol–water partition coefficient (Wildman–Crippen LogP) is 3.37. The Balaban J connectivity index is 2.85. The summed E-state index contributed by atoms with van der Waals surface area (Å²) in [4.78, 5) is 10.8. The third-order valence-electron chi connectivity index (χ3n) is 2.60. The van der Waals surface area contributed by atoms with Crippen molar-refractivity contribution in [2.24, 2.45) is 5.41 Å². The van der Waals surface area contributed by atoms with Gasteiger partial charge in [0.2, 0.25) is 0 Å². The molecule has 0 radical (unpaired) electrons. The molecule has 106 valence electrons. The number of hydrogen-bond acceptors (Lipinski definition) is 2. The fourth-order valence-corrected chi connectivity index (χ4v) is 1.23. The number of rotatable bonds is 4. The van der Waals surface area contributed by atoms with Gasteiger partial charge in [-0.15, -0.1) is 0 Å². The van der Waals surface area contributed by atoms with Crippen LogP contribution in [0, 0.1) is 11.2 Å². The Bertz CT molecular complexity index is 483. The highest BCUT2D eigenvalue weighted by atomic mass is 19.4. The molecule has 1 rings (SSSR count). The first-order valence-electron chi connectivity index (χ1n) is 5.38. The molecule has 0 aliphatic rings. The maximum Gasteiger partial charge on any atom is 0.416 e. The zero-order chi connectivity index (χ0) is 14.8. The molecule has 0 spiro atoms. The van der Waals surface area contributed by atoms with Crippen molar-refractivity contribution >= 4 is 11.7 Å². The fraction of sp³-hybridized carbons (Fsp3) is 0.417. The lowest BCUT2D eigenvalue weighted by Gasteiger charge is -2.20. The van der Waals surface area contributed by atoms with E-state index in [9.17, 15) is 22.4 Å². The second-order valence-corrected chi connectivity index (χ2v) is 4.73. The van der Waals surface area contributed by atoms with Crippen LogP contribution in [-0.4, -0.2) is 17.6 Å². The van der Waals surface area contributed by atoms with Gasteiger partial charge in [-0.1, -0.05) is 0 Å². The first-order chi connectivity index (χ1) is 8.54. The van der Waals surface area contributed by atoms with Crippen LogP contribution in [0.5, 0.6) is 0 Å². The third kappa shape index (κ3) is 3.84. The van der Waals surface area contributed by atoms with Crippen LogP contribution >= 0.6 is 0 Å². The Labute approximate surface area is 107 Å². The number of carboxylic acids is 1. The third-order valence-corrected chi connectivity index (χ3v) is 2.60. The van der Waals surface area contributed by atoms with E-state index in [1.165, 1.54) is 13.8 Å². The Morgan fingerprint density at radius 3 is 2.32 bits per heavy atom. The molecule has 0 atom stereocenters. The quantitative estimate of drug-likeness (QED) is 0.831. The smallest absolute Gasteiger partial charge is 0.416 e. The lowest BCUT2D eigenvalue weighted by molar-refractivity contribution is -0.146. The summed E-state index contributed by atoms with van der Waals surface area (Å²) in [6.45, 7) is 2.74. The monoisotopic (exact) mass is 279 g/mol. The van der Waals surface area contributed by atoms with Crippen molar-refractivity contribution in [3.8, 4) is 0 Å². The summed E-state index contributed by atoms with van der Waals surface area (Å²) in [6, 6.07) is 2.05. The molecule has 0 aliphatic heterocycles. The minimum Gasteiger partial charge on any atom is -0.481 e. The topological polar surface area (TPSA) is 49.3 Å². The molecule has 0 aliphatic carbocycles. The van der Waals surface area contributed by atoms with Gasteiger partial charge in [0.25, 0.3) is 0 Å². The van der Waals surface area contributed by atoms with Crippen LogP contribution in [0.4, 0.5) is 23.2 Å². The number of nitrogens with one attached hydrogen (secondary N) is 1. The molecule has 7 heteroatoms. The second kappa shape index (κ2) is 5.07. The van der Waals surface area contributed by atoms with Crippen LogP contribution in [0.1, 0.15) is 19.4 Å². The molecule has 0 amide bonds. The van der Waals surface area contributed by atoms with Crippen LogP contribution < -0.4 is 5.32 Å². The normalized spacial score (nSPS) is 12.3. The summed E-state index contributed by atoms with van der Waals surface area (Å²) in [5, 5.41) is 11.3. The van der Waals surface area contributed by atoms with Gasteiger partial charge < -0.3 is 10.4 Å². The minimum atomic E-state index is -4.61. The van der Waals surface area contributed by atoms with Gasteiger partial charge >= 0.3 is 12.1 Å². The van der Waals surface area contributed by atoms with Gasteiger partial charge in [0, 0.05) is 6.54 Å². The molecule has 0 saturated carbocycles. The zero-order valence-corrected chi connectivity index (χ0v) is 10.3. The Morgan fingerprint density at radius 1 is 1.32 bits per heavy atom. The molecule has 0 heterocycles. The van der Waals surface area contributed by atoms with Crippen LogP contribution in [0.2, 0.25) is 0 Å². The van der Waals surface area contributed by atoms with E-state index >= 15 is 0 Å². The standard InChI is InChI=1S/C12H13F4NO2/c1-11(2,10(18)19)6-17-9-4-3-7(5-8(9)13)12(14,15)16/h3-5,17H,6H2,1-2H3,(H,18,19). The Morgan fingerprint density at radius 2 is 1.89 bits per heavy atom. The fourth-order valence-electron chi connectivity index (χ4n) is 1.23. The Kier molecular flexibility index (Phi) is 4.07. The van der Waals surface area contributed by atoms with E-state index in [2.05, 4.69) is 5.32 Å². The number of halogens is 4. The van der Waals surface area contributed by atoms with E-state index in [0.29, 0.717) is 6.07 Å². The van der Waals surface area contributed by atoms with E-state index in [4.69, 9.17) is 5.11 Å². The molecule has 0 unspecified atom stereocenters.